The van der Waals surface area contributed by atoms with Crippen molar-refractivity contribution < 1.29 is 14.4 Å². The van der Waals surface area contributed by atoms with Gasteiger partial charge in [-0.05, 0) is 13.8 Å². The van der Waals surface area contributed by atoms with E-state index in [-0.39, 0.29) is 30.2 Å². The van der Waals surface area contributed by atoms with Gasteiger partial charge in [-0.1, -0.05) is 0 Å². The van der Waals surface area contributed by atoms with E-state index >= 15 is 0 Å². The predicted octanol–water partition coefficient (Wildman–Crippen LogP) is 1.23. The van der Waals surface area contributed by atoms with Gasteiger partial charge in [-0.2, -0.15) is 4.98 Å². The second-order valence-corrected chi connectivity index (χ2v) is 3.66. The average Bonchev–Trinajstić information content (AvgIpc) is 2.33. The number of ether oxygens (including phenoxy) is 2. The normalized spacial score (nSPS) is 10.4. The first kappa shape index (κ1) is 14.1. The molecule has 0 aliphatic rings. The fourth-order valence-electron chi connectivity index (χ4n) is 1.13. The first-order valence-electron chi connectivity index (χ1n) is 5.48. The highest BCUT2D eigenvalue weighted by atomic mass is 16.6. The molecular formula is C10H16N4O4. The van der Waals surface area contributed by atoms with Gasteiger partial charge in [-0.3, -0.25) is 10.1 Å². The molecule has 100 valence electrons. The molecule has 0 radical (unpaired) electrons. The summed E-state index contributed by atoms with van der Waals surface area (Å²) in [4.78, 5) is 17.8. The Kier molecular flexibility index (Phi) is 5.25. The van der Waals surface area contributed by atoms with Crippen molar-refractivity contribution in [2.45, 2.75) is 20.0 Å². The summed E-state index contributed by atoms with van der Waals surface area (Å²) < 4.78 is 10.5. The van der Waals surface area contributed by atoms with Crippen LogP contribution < -0.4 is 10.1 Å². The molecule has 1 N–H and O–H groups in total. The zero-order valence-corrected chi connectivity index (χ0v) is 10.5. The molecule has 1 aromatic rings. The van der Waals surface area contributed by atoms with Gasteiger partial charge >= 0.3 is 5.69 Å². The van der Waals surface area contributed by atoms with E-state index in [2.05, 4.69) is 15.3 Å². The molecule has 1 heterocycles. The molecule has 0 fully saturated rings. The summed E-state index contributed by atoms with van der Waals surface area (Å²) in [6.45, 7) is 4.32. The second-order valence-electron chi connectivity index (χ2n) is 3.66. The maximum absolute atomic E-state index is 10.8. The summed E-state index contributed by atoms with van der Waals surface area (Å²) >= 11 is 0. The van der Waals surface area contributed by atoms with Gasteiger partial charge in [-0.15, -0.1) is 0 Å². The van der Waals surface area contributed by atoms with Gasteiger partial charge in [0.25, 0.3) is 5.88 Å². The van der Waals surface area contributed by atoms with Crippen molar-refractivity contribution in [2.75, 3.05) is 25.6 Å². The molecule has 8 nitrogen and oxygen atoms in total. The number of aromatic nitrogens is 2. The van der Waals surface area contributed by atoms with E-state index in [1.807, 2.05) is 13.8 Å². The molecule has 18 heavy (non-hydrogen) atoms. The molecule has 1 aromatic heterocycles. The summed E-state index contributed by atoms with van der Waals surface area (Å²) in [5, 5.41) is 13.4. The van der Waals surface area contributed by atoms with Crippen LogP contribution >= 0.6 is 0 Å². The monoisotopic (exact) mass is 256 g/mol. The van der Waals surface area contributed by atoms with Gasteiger partial charge in [0, 0.05) is 7.05 Å². The van der Waals surface area contributed by atoms with Crippen LogP contribution in [-0.4, -0.2) is 41.3 Å². The van der Waals surface area contributed by atoms with Crippen molar-refractivity contribution >= 4 is 11.6 Å². The Morgan fingerprint density at radius 2 is 2.22 bits per heavy atom. The van der Waals surface area contributed by atoms with E-state index in [1.54, 1.807) is 7.05 Å². The summed E-state index contributed by atoms with van der Waals surface area (Å²) in [6.07, 6.45) is 1.19. The minimum atomic E-state index is -0.585. The van der Waals surface area contributed by atoms with Crippen LogP contribution in [0.15, 0.2) is 6.20 Å². The first-order valence-corrected chi connectivity index (χ1v) is 5.48. The maximum Gasteiger partial charge on any atom is 0.349 e. The number of nitro groups is 1. The predicted molar refractivity (Wildman–Crippen MR) is 64.8 cm³/mol. The Labute approximate surface area is 104 Å². The Bertz CT molecular complexity index is 411. The molecule has 0 aliphatic carbocycles. The number of nitrogens with zero attached hydrogens (tertiary/aromatic N) is 3. The first-order chi connectivity index (χ1) is 8.54. The van der Waals surface area contributed by atoms with Crippen LogP contribution in [0, 0.1) is 10.1 Å². The van der Waals surface area contributed by atoms with Crippen LogP contribution in [0.4, 0.5) is 11.6 Å². The van der Waals surface area contributed by atoms with E-state index in [0.29, 0.717) is 6.61 Å². The number of hydrogen-bond acceptors (Lipinski definition) is 7. The summed E-state index contributed by atoms with van der Waals surface area (Å²) in [7, 11) is 1.62. The average molecular weight is 256 g/mol. The quantitative estimate of drug-likeness (QED) is 0.445. The van der Waals surface area contributed by atoms with Crippen LogP contribution in [-0.2, 0) is 4.74 Å². The molecule has 8 heteroatoms. The van der Waals surface area contributed by atoms with E-state index in [1.165, 1.54) is 0 Å². The fraction of sp³-hybridized carbons (Fsp3) is 0.600. The zero-order chi connectivity index (χ0) is 13.5. The van der Waals surface area contributed by atoms with Crippen LogP contribution in [0.3, 0.4) is 0 Å². The zero-order valence-electron chi connectivity index (χ0n) is 10.5. The van der Waals surface area contributed by atoms with Gasteiger partial charge in [0.15, 0.2) is 0 Å². The fourth-order valence-corrected chi connectivity index (χ4v) is 1.13. The van der Waals surface area contributed by atoms with Crippen molar-refractivity contribution in [3.05, 3.63) is 16.3 Å². The third-order valence-corrected chi connectivity index (χ3v) is 1.93. The van der Waals surface area contributed by atoms with Gasteiger partial charge in [-0.25, -0.2) is 4.98 Å². The lowest BCUT2D eigenvalue weighted by atomic mass is 10.5. The topological polar surface area (TPSA) is 99.4 Å². The largest absolute Gasteiger partial charge is 0.470 e. The minimum absolute atomic E-state index is 0.0632. The highest BCUT2D eigenvalue weighted by Gasteiger charge is 2.18. The maximum atomic E-state index is 10.8. The van der Waals surface area contributed by atoms with Crippen LogP contribution in [0.25, 0.3) is 0 Å². The van der Waals surface area contributed by atoms with Crippen LogP contribution in [0.2, 0.25) is 0 Å². The third-order valence-electron chi connectivity index (χ3n) is 1.93. The lowest BCUT2D eigenvalue weighted by Gasteiger charge is -2.09. The van der Waals surface area contributed by atoms with Crippen molar-refractivity contribution in [3.63, 3.8) is 0 Å². The number of rotatable bonds is 7. The van der Waals surface area contributed by atoms with Crippen molar-refractivity contribution in [3.8, 4) is 5.88 Å². The van der Waals surface area contributed by atoms with Crippen LogP contribution in [0.1, 0.15) is 13.8 Å². The summed E-state index contributed by atoms with van der Waals surface area (Å²) in [5.74, 6) is 0.201. The van der Waals surface area contributed by atoms with Gasteiger partial charge < -0.3 is 14.8 Å². The standard InChI is InChI=1S/C10H16N4O4/c1-7(2)17-4-5-18-9-8(14(15)16)6-12-10(11-3)13-9/h6-7H,4-5H2,1-3H3,(H,11,12,13). The Morgan fingerprint density at radius 3 is 2.78 bits per heavy atom. The summed E-state index contributed by atoms with van der Waals surface area (Å²) in [5.41, 5.74) is -0.265. The van der Waals surface area contributed by atoms with E-state index in [9.17, 15) is 10.1 Å². The highest BCUT2D eigenvalue weighted by molar-refractivity contribution is 5.42. The molecule has 0 bridgehead atoms. The molecule has 0 aliphatic heterocycles. The Hall–Kier alpha value is -1.96. The van der Waals surface area contributed by atoms with Crippen molar-refractivity contribution in [2.24, 2.45) is 0 Å². The number of hydrogen-bond donors (Lipinski definition) is 1. The Morgan fingerprint density at radius 1 is 1.50 bits per heavy atom. The van der Waals surface area contributed by atoms with Gasteiger partial charge in [0.2, 0.25) is 5.95 Å². The van der Waals surface area contributed by atoms with Gasteiger partial charge in [0.1, 0.15) is 12.8 Å². The molecule has 0 saturated heterocycles. The number of anilines is 1. The smallest absolute Gasteiger partial charge is 0.349 e. The minimum Gasteiger partial charge on any atom is -0.470 e. The third kappa shape index (κ3) is 4.13. The molecule has 1 rings (SSSR count). The molecule has 0 saturated carbocycles. The lowest BCUT2D eigenvalue weighted by molar-refractivity contribution is -0.386. The van der Waals surface area contributed by atoms with Crippen molar-refractivity contribution in [1.82, 2.24) is 9.97 Å². The van der Waals surface area contributed by atoms with Crippen LogP contribution in [0.5, 0.6) is 5.88 Å². The molecule has 0 unspecified atom stereocenters. The van der Waals surface area contributed by atoms with E-state index < -0.39 is 4.92 Å². The Balaban J connectivity index is 2.69. The molecule has 0 atom stereocenters. The second kappa shape index (κ2) is 6.70. The summed E-state index contributed by atoms with van der Waals surface area (Å²) in [6, 6.07) is 0. The van der Waals surface area contributed by atoms with E-state index in [0.717, 1.165) is 6.20 Å². The lowest BCUT2D eigenvalue weighted by Crippen LogP contribution is -2.13. The molecule has 0 spiro atoms. The van der Waals surface area contributed by atoms with E-state index in [4.69, 9.17) is 9.47 Å². The highest BCUT2D eigenvalue weighted by Crippen LogP contribution is 2.24. The molecule has 0 amide bonds. The number of nitrogens with one attached hydrogen (secondary N) is 1. The molecule has 0 aromatic carbocycles. The van der Waals surface area contributed by atoms with Crippen molar-refractivity contribution in [1.29, 1.82) is 0 Å². The molecular weight excluding hydrogens is 240 g/mol. The SMILES string of the molecule is CNc1ncc([N+](=O)[O-])c(OCCOC(C)C)n1. The van der Waals surface area contributed by atoms with Gasteiger partial charge in [0.05, 0.1) is 17.6 Å².